The van der Waals surface area contributed by atoms with E-state index in [9.17, 15) is 21.6 Å². The topological polar surface area (TPSA) is 102 Å². The van der Waals surface area contributed by atoms with Gasteiger partial charge in [-0.2, -0.15) is 32.0 Å². The second-order valence-electron chi connectivity index (χ2n) is 10.8. The van der Waals surface area contributed by atoms with Crippen LogP contribution in [0.25, 0.3) is 11.3 Å². The van der Waals surface area contributed by atoms with Crippen LogP contribution in [0.15, 0.2) is 59.8 Å². The van der Waals surface area contributed by atoms with Crippen LogP contribution in [0, 0.1) is 12.7 Å². The lowest BCUT2D eigenvalue weighted by molar-refractivity contribution is -0.289. The van der Waals surface area contributed by atoms with Gasteiger partial charge in [0, 0.05) is 18.8 Å². The quantitative estimate of drug-likeness (QED) is 0.220. The Bertz CT molecular complexity index is 1820. The van der Waals surface area contributed by atoms with Gasteiger partial charge >= 0.3 is 12.1 Å². The zero-order chi connectivity index (χ0) is 32.7. The van der Waals surface area contributed by atoms with Gasteiger partial charge in [0.1, 0.15) is 10.5 Å². The molecule has 0 atom stereocenters. The molecule has 3 heterocycles. The summed E-state index contributed by atoms with van der Waals surface area (Å²) >= 11 is 0. The van der Waals surface area contributed by atoms with Crippen LogP contribution in [0.5, 0.6) is 11.6 Å². The van der Waals surface area contributed by atoms with Gasteiger partial charge in [0.15, 0.2) is 11.6 Å². The van der Waals surface area contributed by atoms with E-state index in [2.05, 4.69) is 20.0 Å². The number of nitrogens with zero attached hydrogens (tertiary/aromatic N) is 5. The maximum absolute atomic E-state index is 15.9. The average Bonchev–Trinajstić information content (AvgIpc) is 3.41. The van der Waals surface area contributed by atoms with Crippen molar-refractivity contribution in [3.8, 4) is 22.9 Å². The molecule has 1 N–H and O–H groups in total. The smallest absolute Gasteiger partial charge is 0.435 e. The first kappa shape index (κ1) is 32.2. The van der Waals surface area contributed by atoms with Gasteiger partial charge in [-0.1, -0.05) is 36.4 Å². The predicted molar refractivity (Wildman–Crippen MR) is 152 cm³/mol. The highest BCUT2D eigenvalue weighted by atomic mass is 32.2. The van der Waals surface area contributed by atoms with Crippen molar-refractivity contribution in [1.29, 1.82) is 0 Å². The molecule has 0 bridgehead atoms. The minimum Gasteiger partial charge on any atom is -0.435 e. The minimum atomic E-state index is -6.16. The number of rotatable bonds is 8. The molecule has 0 spiro atoms. The summed E-state index contributed by atoms with van der Waals surface area (Å²) in [7, 11) is -1.15. The summed E-state index contributed by atoms with van der Waals surface area (Å²) in [5.41, 5.74) is -2.52. The molecule has 2 aromatic heterocycles. The van der Waals surface area contributed by atoms with Crippen molar-refractivity contribution >= 4 is 16.0 Å². The summed E-state index contributed by atoms with van der Waals surface area (Å²) in [6, 6.07) is 9.53. The van der Waals surface area contributed by atoms with Crippen LogP contribution in [0.1, 0.15) is 35.4 Å². The van der Waals surface area contributed by atoms with Crippen molar-refractivity contribution in [3.63, 3.8) is 0 Å². The van der Waals surface area contributed by atoms with Crippen LogP contribution in [0.4, 0.5) is 32.3 Å². The average molecular weight is 655 g/mol. The van der Waals surface area contributed by atoms with Gasteiger partial charge < -0.3 is 9.64 Å². The van der Waals surface area contributed by atoms with Crippen molar-refractivity contribution in [2.75, 3.05) is 24.9 Å². The lowest BCUT2D eigenvalue weighted by Crippen LogP contribution is -2.35. The first-order valence-electron chi connectivity index (χ1n) is 13.7. The Morgan fingerprint density at radius 1 is 0.978 bits per heavy atom. The number of nitrogens with one attached hydrogen (secondary N) is 1. The fraction of sp³-hybridized carbons (Fsp3) is 0.345. The number of likely N-dealkylation sites (tertiary alicyclic amines) is 1. The van der Waals surface area contributed by atoms with Crippen LogP contribution >= 0.6 is 0 Å². The number of sulfonamides is 1. The fourth-order valence-corrected chi connectivity index (χ4v) is 6.01. The number of hydrogen-bond acceptors (Lipinski definition) is 7. The molecule has 0 unspecified atom stereocenters. The summed E-state index contributed by atoms with van der Waals surface area (Å²) in [5.74, 6) is -9.75. The molecule has 1 aliphatic rings. The summed E-state index contributed by atoms with van der Waals surface area (Å²) in [6.45, 7) is 2.78. The van der Waals surface area contributed by atoms with Crippen molar-refractivity contribution in [2.24, 2.45) is 7.05 Å². The number of piperidine rings is 1. The molecular weight excluding hydrogens is 626 g/mol. The van der Waals surface area contributed by atoms with Gasteiger partial charge in [0.2, 0.25) is 11.8 Å². The monoisotopic (exact) mass is 654 g/mol. The molecule has 1 saturated heterocycles. The molecule has 0 amide bonds. The zero-order valence-corrected chi connectivity index (χ0v) is 25.1. The lowest BCUT2D eigenvalue weighted by atomic mass is 9.89. The maximum Gasteiger partial charge on any atom is 0.458 e. The highest BCUT2D eigenvalue weighted by Gasteiger charge is 2.62. The summed E-state index contributed by atoms with van der Waals surface area (Å²) < 4.78 is 123. The van der Waals surface area contributed by atoms with E-state index in [-0.39, 0.29) is 27.5 Å². The molecule has 2 aromatic carbocycles. The van der Waals surface area contributed by atoms with Gasteiger partial charge in [-0.15, -0.1) is 0 Å². The lowest BCUT2D eigenvalue weighted by Gasteiger charge is -2.29. The van der Waals surface area contributed by atoms with Crippen LogP contribution in [0.3, 0.4) is 0 Å². The zero-order valence-electron chi connectivity index (χ0n) is 24.2. The number of ether oxygens (including phenoxy) is 1. The largest absolute Gasteiger partial charge is 0.458 e. The third-order valence-electron chi connectivity index (χ3n) is 7.52. The van der Waals surface area contributed by atoms with Crippen molar-refractivity contribution in [1.82, 2.24) is 24.6 Å². The van der Waals surface area contributed by atoms with E-state index in [4.69, 9.17) is 4.74 Å². The molecular formula is C29H28F6N6O3S. The van der Waals surface area contributed by atoms with E-state index in [0.717, 1.165) is 18.5 Å². The first-order valence-corrected chi connectivity index (χ1v) is 15.2. The maximum atomic E-state index is 15.9. The Morgan fingerprint density at radius 2 is 1.67 bits per heavy atom. The van der Waals surface area contributed by atoms with Gasteiger partial charge in [-0.3, -0.25) is 4.68 Å². The number of halogens is 6. The number of alkyl halides is 5. The SMILES string of the molecule is Cc1ccccc1-c1nc(NS(=O)(=O)c2cnn(C)c2)nc(Oc2cccc(C3CCN(C)CC3)c2F)c1C(F)(F)C(F)(F)F. The minimum absolute atomic E-state index is 0.189. The van der Waals surface area contributed by atoms with Gasteiger partial charge in [0.25, 0.3) is 10.0 Å². The highest BCUT2D eigenvalue weighted by molar-refractivity contribution is 7.92. The van der Waals surface area contributed by atoms with E-state index in [1.54, 1.807) is 0 Å². The van der Waals surface area contributed by atoms with E-state index in [1.807, 2.05) is 11.8 Å². The molecule has 5 rings (SSSR count). The number of anilines is 1. The van der Waals surface area contributed by atoms with Crippen LogP contribution in [-0.2, 0) is 23.0 Å². The Morgan fingerprint density at radius 3 is 2.29 bits per heavy atom. The van der Waals surface area contributed by atoms with Crippen LogP contribution in [-0.4, -0.2) is 59.4 Å². The standard InChI is InChI=1S/C29H28F6N6O3S/c1-17-7-4-5-8-20(17)25-23(28(31,32)29(33,34)35)26(38-27(37-25)39-45(42,43)19-15-36-41(3)16-19)44-22-10-6-9-21(24(22)30)18-11-13-40(2)14-12-18/h4-10,15-16,18H,11-14H2,1-3H3,(H,37,38,39). The molecule has 0 saturated carbocycles. The third kappa shape index (κ3) is 6.47. The second kappa shape index (κ2) is 12.0. The molecule has 0 radical (unpaired) electrons. The number of aryl methyl sites for hydroxylation is 2. The van der Waals surface area contributed by atoms with Crippen LogP contribution in [0.2, 0.25) is 0 Å². The van der Waals surface area contributed by atoms with Crippen molar-refractivity contribution < 1.29 is 39.5 Å². The fourth-order valence-electron chi connectivity index (χ4n) is 5.08. The molecule has 1 aliphatic heterocycles. The Kier molecular flexibility index (Phi) is 8.57. The Labute approximate surface area is 254 Å². The van der Waals surface area contributed by atoms with Crippen LogP contribution < -0.4 is 9.46 Å². The molecule has 45 heavy (non-hydrogen) atoms. The molecule has 1 fully saturated rings. The molecule has 4 aromatic rings. The summed E-state index contributed by atoms with van der Waals surface area (Å²) in [4.78, 5) is 9.20. The Hall–Kier alpha value is -4.18. The normalized spacial score (nSPS) is 15.3. The van der Waals surface area contributed by atoms with Gasteiger partial charge in [0.05, 0.1) is 11.9 Å². The molecule has 0 aliphatic carbocycles. The third-order valence-corrected chi connectivity index (χ3v) is 8.80. The van der Waals surface area contributed by atoms with E-state index < -0.39 is 56.8 Å². The van der Waals surface area contributed by atoms with Crippen molar-refractivity contribution in [2.45, 2.75) is 42.7 Å². The van der Waals surface area contributed by atoms with E-state index >= 15 is 13.2 Å². The van der Waals surface area contributed by atoms with Gasteiger partial charge in [-0.25, -0.2) is 22.5 Å². The predicted octanol–water partition coefficient (Wildman–Crippen LogP) is 6.38. The number of hydrogen-bond donors (Lipinski definition) is 1. The number of aromatic nitrogens is 4. The summed E-state index contributed by atoms with van der Waals surface area (Å²) in [6.07, 6.45) is -2.88. The highest BCUT2D eigenvalue weighted by Crippen LogP contribution is 2.51. The van der Waals surface area contributed by atoms with E-state index in [0.29, 0.717) is 25.9 Å². The van der Waals surface area contributed by atoms with E-state index in [1.165, 1.54) is 55.1 Å². The first-order chi connectivity index (χ1) is 21.1. The molecule has 9 nitrogen and oxygen atoms in total. The van der Waals surface area contributed by atoms with Crippen molar-refractivity contribution in [3.05, 3.63) is 77.4 Å². The summed E-state index contributed by atoms with van der Waals surface area (Å²) in [5, 5.41) is 3.77. The van der Waals surface area contributed by atoms with Gasteiger partial charge in [-0.05, 0) is 63.0 Å². The second-order valence-corrected chi connectivity index (χ2v) is 12.4. The molecule has 240 valence electrons. The molecule has 16 heteroatoms. The Balaban J connectivity index is 1.72. The number of benzene rings is 2.